The molecule has 0 spiro atoms. The quantitative estimate of drug-likeness (QED) is 0.815. The monoisotopic (exact) mass is 264 g/mol. The Bertz CT molecular complexity index is 320. The predicted molar refractivity (Wildman–Crippen MR) is 76.2 cm³/mol. The largest absolute Gasteiger partial charge is 0.372 e. The van der Waals surface area contributed by atoms with E-state index in [9.17, 15) is 0 Å². The smallest absolute Gasteiger partial charge is 0.0733 e. The normalized spacial score (nSPS) is 50.8. The molecule has 4 aliphatic rings. The fourth-order valence-electron chi connectivity index (χ4n) is 5.32. The molecule has 0 radical (unpaired) electrons. The van der Waals surface area contributed by atoms with Gasteiger partial charge in [0.05, 0.1) is 12.2 Å². The van der Waals surface area contributed by atoms with Gasteiger partial charge in [0.15, 0.2) is 0 Å². The van der Waals surface area contributed by atoms with Crippen LogP contribution < -0.4 is 10.6 Å². The fraction of sp³-hybridized carbons (Fsp3) is 1.00. The summed E-state index contributed by atoms with van der Waals surface area (Å²) >= 11 is 0. The second-order valence-corrected chi connectivity index (χ2v) is 7.71. The molecule has 108 valence electrons. The van der Waals surface area contributed by atoms with Crippen LogP contribution in [0.1, 0.15) is 52.4 Å². The lowest BCUT2D eigenvalue weighted by Crippen LogP contribution is -2.56. The van der Waals surface area contributed by atoms with Crippen LogP contribution in [0.4, 0.5) is 0 Å². The van der Waals surface area contributed by atoms with Gasteiger partial charge in [-0.3, -0.25) is 0 Å². The molecule has 0 aromatic heterocycles. The van der Waals surface area contributed by atoms with Crippen molar-refractivity contribution in [2.45, 2.75) is 75.7 Å². The lowest BCUT2D eigenvalue weighted by atomic mass is 9.89. The Hall–Kier alpha value is -0.120. The van der Waals surface area contributed by atoms with E-state index in [1.165, 1.54) is 51.6 Å². The Balaban J connectivity index is 1.43. The minimum absolute atomic E-state index is 0.298. The summed E-state index contributed by atoms with van der Waals surface area (Å²) in [5.74, 6) is 1.83. The third-order valence-corrected chi connectivity index (χ3v) is 6.75. The number of ether oxygens (including phenoxy) is 1. The van der Waals surface area contributed by atoms with Crippen molar-refractivity contribution in [1.29, 1.82) is 0 Å². The number of nitrogens with one attached hydrogen (secondary N) is 2. The molecule has 2 heterocycles. The second-order valence-electron chi connectivity index (χ2n) is 7.71. The van der Waals surface area contributed by atoms with Crippen LogP contribution >= 0.6 is 0 Å². The molecular formula is C16H28N2O. The highest BCUT2D eigenvalue weighted by molar-refractivity contribution is 5.09. The van der Waals surface area contributed by atoms with Gasteiger partial charge in [-0.05, 0) is 77.3 Å². The van der Waals surface area contributed by atoms with Crippen LogP contribution in [0, 0.1) is 11.8 Å². The maximum Gasteiger partial charge on any atom is 0.0733 e. The molecule has 6 atom stereocenters. The van der Waals surface area contributed by atoms with Gasteiger partial charge in [-0.1, -0.05) is 0 Å². The molecule has 2 aliphatic heterocycles. The molecule has 3 heteroatoms. The molecular weight excluding hydrogens is 236 g/mol. The first-order valence-corrected chi connectivity index (χ1v) is 8.27. The Morgan fingerprint density at radius 2 is 1.37 bits per heavy atom. The van der Waals surface area contributed by atoms with E-state index in [0.29, 0.717) is 23.3 Å². The van der Waals surface area contributed by atoms with Gasteiger partial charge in [-0.15, -0.1) is 0 Å². The van der Waals surface area contributed by atoms with Crippen LogP contribution in [-0.4, -0.2) is 36.4 Å². The molecule has 19 heavy (non-hydrogen) atoms. The van der Waals surface area contributed by atoms with Crippen LogP contribution in [0.2, 0.25) is 0 Å². The zero-order valence-corrected chi connectivity index (χ0v) is 12.4. The van der Waals surface area contributed by atoms with Crippen molar-refractivity contribution in [3.8, 4) is 0 Å². The number of fused-ring (bicyclic) bond motifs is 4. The maximum atomic E-state index is 6.54. The summed E-state index contributed by atoms with van der Waals surface area (Å²) in [6.07, 6.45) is 8.81. The zero-order chi connectivity index (χ0) is 13.1. The van der Waals surface area contributed by atoms with Gasteiger partial charge in [-0.2, -0.15) is 0 Å². The highest BCUT2D eigenvalue weighted by Crippen LogP contribution is 2.46. The number of hydrogen-bond acceptors (Lipinski definition) is 3. The SMILES string of the molecule is CC(OC(C)C12CCC(CN1)C2)C12CCC(CN1)C2. The van der Waals surface area contributed by atoms with E-state index >= 15 is 0 Å². The van der Waals surface area contributed by atoms with E-state index in [1.807, 2.05) is 0 Å². The van der Waals surface area contributed by atoms with Crippen molar-refractivity contribution >= 4 is 0 Å². The Morgan fingerprint density at radius 1 is 0.895 bits per heavy atom. The lowest BCUT2D eigenvalue weighted by molar-refractivity contribution is -0.0750. The highest BCUT2D eigenvalue weighted by Gasteiger charge is 2.52. The van der Waals surface area contributed by atoms with E-state index in [4.69, 9.17) is 4.74 Å². The molecule has 2 saturated carbocycles. The number of hydrogen-bond donors (Lipinski definition) is 2. The minimum atomic E-state index is 0.298. The summed E-state index contributed by atoms with van der Waals surface area (Å²) in [5.41, 5.74) is 0.596. The van der Waals surface area contributed by atoms with Crippen molar-refractivity contribution in [2.75, 3.05) is 13.1 Å². The second kappa shape index (κ2) is 4.19. The van der Waals surface area contributed by atoms with Crippen molar-refractivity contribution < 1.29 is 4.74 Å². The average Bonchev–Trinajstić information content (AvgIpc) is 3.19. The summed E-state index contributed by atoms with van der Waals surface area (Å²) in [7, 11) is 0. The number of rotatable bonds is 4. The average molecular weight is 264 g/mol. The van der Waals surface area contributed by atoms with Crippen LogP contribution in [-0.2, 0) is 4.74 Å². The molecule has 2 N–H and O–H groups in total. The summed E-state index contributed by atoms with van der Waals surface area (Å²) in [4.78, 5) is 0. The first-order valence-electron chi connectivity index (χ1n) is 8.27. The van der Waals surface area contributed by atoms with Crippen LogP contribution in [0.3, 0.4) is 0 Å². The zero-order valence-electron chi connectivity index (χ0n) is 12.4. The van der Waals surface area contributed by atoms with Crippen LogP contribution in [0.5, 0.6) is 0 Å². The van der Waals surface area contributed by atoms with Gasteiger partial charge in [-0.25, -0.2) is 0 Å². The van der Waals surface area contributed by atoms with E-state index < -0.39 is 0 Å². The molecule has 4 rings (SSSR count). The van der Waals surface area contributed by atoms with Crippen molar-refractivity contribution in [2.24, 2.45) is 11.8 Å². The molecule has 4 fully saturated rings. The third kappa shape index (κ3) is 1.81. The van der Waals surface area contributed by atoms with Gasteiger partial charge < -0.3 is 15.4 Å². The fourth-order valence-corrected chi connectivity index (χ4v) is 5.32. The van der Waals surface area contributed by atoms with E-state index in [1.54, 1.807) is 0 Å². The predicted octanol–water partition coefficient (Wildman–Crippen LogP) is 2.06. The van der Waals surface area contributed by atoms with Crippen LogP contribution in [0.15, 0.2) is 0 Å². The summed E-state index contributed by atoms with van der Waals surface area (Å²) in [6, 6.07) is 0. The molecule has 0 amide bonds. The summed E-state index contributed by atoms with van der Waals surface area (Å²) in [6.45, 7) is 7.03. The standard InChI is InChI=1S/C16H28N2O/c1-11(15-5-3-13(7-15)9-17-15)19-12(2)16-6-4-14(8-16)10-18-16/h11-14,17-18H,3-10H2,1-2H3. The van der Waals surface area contributed by atoms with E-state index in [2.05, 4.69) is 24.5 Å². The van der Waals surface area contributed by atoms with Crippen molar-refractivity contribution in [3.05, 3.63) is 0 Å². The Morgan fingerprint density at radius 3 is 1.63 bits per heavy atom. The topological polar surface area (TPSA) is 33.3 Å². The van der Waals surface area contributed by atoms with Crippen molar-refractivity contribution in [3.63, 3.8) is 0 Å². The molecule has 2 saturated heterocycles. The molecule has 0 aromatic carbocycles. The summed E-state index contributed by atoms with van der Waals surface area (Å²) < 4.78 is 6.54. The Kier molecular flexibility index (Phi) is 2.78. The molecule has 2 aliphatic carbocycles. The molecule has 0 aromatic rings. The Labute approximate surface area is 116 Å². The minimum Gasteiger partial charge on any atom is -0.372 e. The maximum absolute atomic E-state index is 6.54. The van der Waals surface area contributed by atoms with Gasteiger partial charge in [0.1, 0.15) is 0 Å². The van der Waals surface area contributed by atoms with Gasteiger partial charge in [0.25, 0.3) is 0 Å². The first kappa shape index (κ1) is 12.6. The molecule has 6 unspecified atom stereocenters. The number of piperidine rings is 2. The van der Waals surface area contributed by atoms with Gasteiger partial charge in [0, 0.05) is 11.1 Å². The first-order chi connectivity index (χ1) is 9.12. The van der Waals surface area contributed by atoms with Gasteiger partial charge >= 0.3 is 0 Å². The molecule has 3 nitrogen and oxygen atoms in total. The van der Waals surface area contributed by atoms with E-state index in [-0.39, 0.29) is 0 Å². The van der Waals surface area contributed by atoms with E-state index in [0.717, 1.165) is 11.8 Å². The summed E-state index contributed by atoms with van der Waals surface area (Å²) in [5, 5.41) is 7.52. The van der Waals surface area contributed by atoms with Crippen LogP contribution in [0.25, 0.3) is 0 Å². The third-order valence-electron chi connectivity index (χ3n) is 6.75. The lowest BCUT2D eigenvalue weighted by Gasteiger charge is -2.41. The highest BCUT2D eigenvalue weighted by atomic mass is 16.5. The van der Waals surface area contributed by atoms with Crippen molar-refractivity contribution in [1.82, 2.24) is 10.6 Å². The molecule has 4 bridgehead atoms. The van der Waals surface area contributed by atoms with Gasteiger partial charge in [0.2, 0.25) is 0 Å².